The summed E-state index contributed by atoms with van der Waals surface area (Å²) < 4.78 is 0. The van der Waals surface area contributed by atoms with E-state index in [1.807, 2.05) is 63.2 Å². The zero-order chi connectivity index (χ0) is 17.3. The number of amides is 1. The van der Waals surface area contributed by atoms with Gasteiger partial charge < -0.3 is 0 Å². The summed E-state index contributed by atoms with van der Waals surface area (Å²) in [5, 5.41) is 3.59. The van der Waals surface area contributed by atoms with Crippen LogP contribution in [0.5, 0.6) is 0 Å². The molecule has 24 heavy (non-hydrogen) atoms. The number of carbonyl (C=O) groups excluding carboxylic acids is 1. The SMILES string of the molecule is CC(C)(C)C(=O)Nc1nc(Cl)c2ccc(-c3ccccc3)nc2n1. The highest BCUT2D eigenvalue weighted by molar-refractivity contribution is 6.34. The van der Waals surface area contributed by atoms with Gasteiger partial charge in [-0.05, 0) is 12.1 Å². The van der Waals surface area contributed by atoms with Gasteiger partial charge >= 0.3 is 0 Å². The van der Waals surface area contributed by atoms with Gasteiger partial charge in [0, 0.05) is 11.0 Å². The quantitative estimate of drug-likeness (QED) is 0.705. The lowest BCUT2D eigenvalue weighted by Gasteiger charge is -2.16. The van der Waals surface area contributed by atoms with Crippen LogP contribution in [0.1, 0.15) is 20.8 Å². The van der Waals surface area contributed by atoms with Gasteiger partial charge in [0.05, 0.1) is 11.1 Å². The lowest BCUT2D eigenvalue weighted by molar-refractivity contribution is -0.123. The first-order valence-electron chi connectivity index (χ1n) is 7.56. The third kappa shape index (κ3) is 3.36. The molecule has 6 heteroatoms. The largest absolute Gasteiger partial charge is 0.294 e. The number of aromatic nitrogens is 3. The molecule has 0 saturated carbocycles. The van der Waals surface area contributed by atoms with Crippen molar-refractivity contribution in [3.8, 4) is 11.3 Å². The van der Waals surface area contributed by atoms with Crippen molar-refractivity contribution in [2.45, 2.75) is 20.8 Å². The Balaban J connectivity index is 2.04. The molecule has 0 bridgehead atoms. The van der Waals surface area contributed by atoms with Crippen LogP contribution in [0.4, 0.5) is 5.95 Å². The van der Waals surface area contributed by atoms with E-state index in [0.717, 1.165) is 11.3 Å². The van der Waals surface area contributed by atoms with Gasteiger partial charge in [0.25, 0.3) is 0 Å². The lowest BCUT2D eigenvalue weighted by Crippen LogP contribution is -2.28. The summed E-state index contributed by atoms with van der Waals surface area (Å²) in [4.78, 5) is 25.1. The van der Waals surface area contributed by atoms with Crippen LogP contribution in [0.25, 0.3) is 22.3 Å². The van der Waals surface area contributed by atoms with Crippen LogP contribution in [0.3, 0.4) is 0 Å². The van der Waals surface area contributed by atoms with Gasteiger partial charge in [-0.2, -0.15) is 9.97 Å². The first kappa shape index (κ1) is 16.3. The zero-order valence-corrected chi connectivity index (χ0v) is 14.4. The minimum Gasteiger partial charge on any atom is -0.294 e. The number of fused-ring (bicyclic) bond motifs is 1. The van der Waals surface area contributed by atoms with Crippen molar-refractivity contribution in [1.82, 2.24) is 15.0 Å². The Bertz CT molecular complexity index is 904. The van der Waals surface area contributed by atoms with Gasteiger partial charge in [-0.15, -0.1) is 0 Å². The minimum absolute atomic E-state index is 0.158. The maximum absolute atomic E-state index is 12.1. The normalized spacial score (nSPS) is 11.5. The number of hydrogen-bond acceptors (Lipinski definition) is 4. The first-order chi connectivity index (χ1) is 11.3. The fourth-order valence-corrected chi connectivity index (χ4v) is 2.32. The highest BCUT2D eigenvalue weighted by atomic mass is 35.5. The molecule has 0 aliphatic carbocycles. The Hall–Kier alpha value is -2.53. The fraction of sp³-hybridized carbons (Fsp3) is 0.222. The second-order valence-electron chi connectivity index (χ2n) is 6.48. The molecule has 5 nitrogen and oxygen atoms in total. The van der Waals surface area contributed by atoms with Gasteiger partial charge in [0.2, 0.25) is 11.9 Å². The average Bonchev–Trinajstić information content (AvgIpc) is 2.54. The van der Waals surface area contributed by atoms with E-state index in [1.54, 1.807) is 0 Å². The molecule has 1 amide bonds. The molecular formula is C18H17ClN4O. The number of benzene rings is 1. The molecule has 3 aromatic rings. The van der Waals surface area contributed by atoms with Crippen molar-refractivity contribution in [3.05, 3.63) is 47.6 Å². The van der Waals surface area contributed by atoms with Crippen LogP contribution in [0, 0.1) is 5.41 Å². The third-order valence-electron chi connectivity index (χ3n) is 3.49. The smallest absolute Gasteiger partial charge is 0.232 e. The van der Waals surface area contributed by atoms with Crippen LogP contribution < -0.4 is 5.32 Å². The summed E-state index contributed by atoms with van der Waals surface area (Å²) in [7, 11) is 0. The Morgan fingerprint density at radius 1 is 1.00 bits per heavy atom. The van der Waals surface area contributed by atoms with Gasteiger partial charge in [-0.1, -0.05) is 62.7 Å². The van der Waals surface area contributed by atoms with Crippen molar-refractivity contribution in [3.63, 3.8) is 0 Å². The molecule has 2 aromatic heterocycles. The van der Waals surface area contributed by atoms with E-state index >= 15 is 0 Å². The summed E-state index contributed by atoms with van der Waals surface area (Å²) in [6.45, 7) is 5.45. The number of rotatable bonds is 2. The zero-order valence-electron chi connectivity index (χ0n) is 13.7. The lowest BCUT2D eigenvalue weighted by atomic mass is 9.96. The Morgan fingerprint density at radius 3 is 2.38 bits per heavy atom. The van der Waals surface area contributed by atoms with Crippen molar-refractivity contribution in [2.75, 3.05) is 5.32 Å². The second-order valence-corrected chi connectivity index (χ2v) is 6.83. The van der Waals surface area contributed by atoms with Crippen molar-refractivity contribution >= 4 is 34.5 Å². The van der Waals surface area contributed by atoms with Gasteiger partial charge in [0.1, 0.15) is 5.15 Å². The van der Waals surface area contributed by atoms with E-state index in [1.165, 1.54) is 0 Å². The van der Waals surface area contributed by atoms with Crippen LogP contribution in [-0.2, 0) is 4.79 Å². The average molecular weight is 341 g/mol. The molecule has 0 aliphatic heterocycles. The molecule has 0 aliphatic rings. The summed E-state index contributed by atoms with van der Waals surface area (Å²) >= 11 is 6.22. The molecule has 1 aromatic carbocycles. The van der Waals surface area contributed by atoms with E-state index in [2.05, 4.69) is 20.3 Å². The standard InChI is InChI=1S/C18H17ClN4O/c1-18(2,3)16(24)23-17-21-14(19)12-9-10-13(20-15(12)22-17)11-7-5-4-6-8-11/h4-10H,1-3H3,(H,20,21,22,23,24). The fourth-order valence-electron chi connectivity index (χ4n) is 2.09. The van der Waals surface area contributed by atoms with Crippen molar-refractivity contribution < 1.29 is 4.79 Å². The second kappa shape index (κ2) is 6.17. The number of hydrogen-bond donors (Lipinski definition) is 1. The van der Waals surface area contributed by atoms with Gasteiger partial charge in [0.15, 0.2) is 5.65 Å². The molecule has 0 radical (unpaired) electrons. The van der Waals surface area contributed by atoms with Gasteiger partial charge in [-0.3, -0.25) is 10.1 Å². The van der Waals surface area contributed by atoms with E-state index in [-0.39, 0.29) is 17.0 Å². The van der Waals surface area contributed by atoms with E-state index in [0.29, 0.717) is 11.0 Å². The highest BCUT2D eigenvalue weighted by Crippen LogP contribution is 2.25. The molecule has 1 N–H and O–H groups in total. The highest BCUT2D eigenvalue weighted by Gasteiger charge is 2.22. The first-order valence-corrected chi connectivity index (χ1v) is 7.93. The molecule has 3 rings (SSSR count). The Kier molecular flexibility index (Phi) is 4.20. The number of carbonyl (C=O) groups is 1. The van der Waals surface area contributed by atoms with E-state index in [4.69, 9.17) is 11.6 Å². The molecule has 122 valence electrons. The minimum atomic E-state index is -0.551. The number of anilines is 1. The molecule has 0 atom stereocenters. The maximum atomic E-state index is 12.1. The van der Waals surface area contributed by atoms with Crippen LogP contribution in [-0.4, -0.2) is 20.9 Å². The number of nitrogens with one attached hydrogen (secondary N) is 1. The molecule has 0 unspecified atom stereocenters. The van der Waals surface area contributed by atoms with Crippen molar-refractivity contribution in [2.24, 2.45) is 5.41 Å². The van der Waals surface area contributed by atoms with Crippen molar-refractivity contribution in [1.29, 1.82) is 0 Å². The maximum Gasteiger partial charge on any atom is 0.232 e. The molecule has 2 heterocycles. The van der Waals surface area contributed by atoms with Crippen LogP contribution >= 0.6 is 11.6 Å². The summed E-state index contributed by atoms with van der Waals surface area (Å²) in [5.41, 5.74) is 1.66. The third-order valence-corrected chi connectivity index (χ3v) is 3.78. The number of pyridine rings is 1. The van der Waals surface area contributed by atoms with Crippen LogP contribution in [0.15, 0.2) is 42.5 Å². The molecule has 0 spiro atoms. The monoisotopic (exact) mass is 340 g/mol. The van der Waals surface area contributed by atoms with E-state index < -0.39 is 5.41 Å². The van der Waals surface area contributed by atoms with Gasteiger partial charge in [-0.25, -0.2) is 4.98 Å². The predicted molar refractivity (Wildman–Crippen MR) is 95.9 cm³/mol. The molecule has 0 fully saturated rings. The number of halogens is 1. The topological polar surface area (TPSA) is 67.8 Å². The predicted octanol–water partition coefficient (Wildman–Crippen LogP) is 4.33. The van der Waals surface area contributed by atoms with E-state index in [9.17, 15) is 4.79 Å². The summed E-state index contributed by atoms with van der Waals surface area (Å²) in [6.07, 6.45) is 0. The Morgan fingerprint density at radius 2 is 1.71 bits per heavy atom. The molecule has 0 saturated heterocycles. The summed E-state index contributed by atoms with van der Waals surface area (Å²) in [5.74, 6) is -0.0257. The number of nitrogens with zero attached hydrogens (tertiary/aromatic N) is 3. The molecular weight excluding hydrogens is 324 g/mol. The Labute approximate surface area is 145 Å². The summed E-state index contributed by atoms with van der Waals surface area (Å²) in [6, 6.07) is 13.5. The van der Waals surface area contributed by atoms with Crippen LogP contribution in [0.2, 0.25) is 5.15 Å².